The summed E-state index contributed by atoms with van der Waals surface area (Å²) in [4.78, 5) is 18.0. The molecular weight excluding hydrogens is 296 g/mol. The quantitative estimate of drug-likeness (QED) is 0.805. The molecule has 0 bridgehead atoms. The van der Waals surface area contributed by atoms with Gasteiger partial charge in [0.1, 0.15) is 12.7 Å². The molecule has 1 atom stereocenters. The topological polar surface area (TPSA) is 59.8 Å². The number of aromatic nitrogens is 3. The van der Waals surface area contributed by atoms with Crippen molar-refractivity contribution in [2.24, 2.45) is 0 Å². The van der Waals surface area contributed by atoms with E-state index in [2.05, 4.69) is 15.4 Å². The van der Waals surface area contributed by atoms with Gasteiger partial charge in [-0.2, -0.15) is 5.10 Å². The van der Waals surface area contributed by atoms with Crippen molar-refractivity contribution in [3.05, 3.63) is 64.4 Å². The summed E-state index contributed by atoms with van der Waals surface area (Å²) in [6.07, 6.45) is 3.15. The highest BCUT2D eigenvalue weighted by Gasteiger charge is 2.13. The van der Waals surface area contributed by atoms with Gasteiger partial charge in [0.15, 0.2) is 0 Å². The Morgan fingerprint density at radius 3 is 2.59 bits per heavy atom. The molecule has 3 aromatic rings. The zero-order valence-electron chi connectivity index (χ0n) is 12.4. The third kappa shape index (κ3) is 3.07. The van der Waals surface area contributed by atoms with Crippen molar-refractivity contribution in [3.63, 3.8) is 0 Å². The molecule has 0 saturated heterocycles. The molecule has 2 aromatic heterocycles. The number of carbonyl (C=O) groups is 1. The molecule has 3 rings (SSSR count). The van der Waals surface area contributed by atoms with E-state index in [-0.39, 0.29) is 11.9 Å². The fourth-order valence-corrected chi connectivity index (χ4v) is 2.94. The monoisotopic (exact) mass is 312 g/mol. The molecule has 0 radical (unpaired) electrons. The van der Waals surface area contributed by atoms with Gasteiger partial charge >= 0.3 is 0 Å². The third-order valence-electron chi connectivity index (χ3n) is 3.39. The molecule has 1 N–H and O–H groups in total. The summed E-state index contributed by atoms with van der Waals surface area (Å²) in [6.45, 7) is 3.97. The lowest BCUT2D eigenvalue weighted by molar-refractivity contribution is 0.0944. The lowest BCUT2D eigenvalue weighted by Gasteiger charge is -2.14. The Morgan fingerprint density at radius 2 is 2.00 bits per heavy atom. The number of aryl methyl sites for hydroxylation is 1. The van der Waals surface area contributed by atoms with Crippen LogP contribution >= 0.6 is 11.3 Å². The molecule has 1 unspecified atom stereocenters. The first kappa shape index (κ1) is 14.5. The average molecular weight is 312 g/mol. The van der Waals surface area contributed by atoms with Crippen molar-refractivity contribution in [2.45, 2.75) is 19.9 Å². The van der Waals surface area contributed by atoms with Crippen LogP contribution < -0.4 is 5.32 Å². The number of hydrogen-bond donors (Lipinski definition) is 1. The number of carbonyl (C=O) groups excluding carboxylic acids is 1. The van der Waals surface area contributed by atoms with Crippen LogP contribution in [0, 0.1) is 6.92 Å². The molecule has 22 heavy (non-hydrogen) atoms. The SMILES string of the molecule is Cc1ccc(C(=O)NC(C)c2ccc(-n3cncn3)cc2)s1. The van der Waals surface area contributed by atoms with Gasteiger partial charge in [0.2, 0.25) is 0 Å². The molecule has 0 fully saturated rings. The van der Waals surface area contributed by atoms with Crippen LogP contribution in [0.2, 0.25) is 0 Å². The fourth-order valence-electron chi connectivity index (χ4n) is 2.16. The Hall–Kier alpha value is -2.47. The van der Waals surface area contributed by atoms with Crippen LogP contribution in [0.1, 0.15) is 33.1 Å². The van der Waals surface area contributed by atoms with Gasteiger partial charge in [0.25, 0.3) is 5.91 Å². The van der Waals surface area contributed by atoms with E-state index >= 15 is 0 Å². The molecule has 0 saturated carbocycles. The Labute approximate surface area is 132 Å². The predicted molar refractivity (Wildman–Crippen MR) is 86.3 cm³/mol. The van der Waals surface area contributed by atoms with Gasteiger partial charge in [-0.1, -0.05) is 12.1 Å². The molecule has 0 spiro atoms. The summed E-state index contributed by atoms with van der Waals surface area (Å²) < 4.78 is 1.70. The first-order valence-electron chi connectivity index (χ1n) is 6.96. The largest absolute Gasteiger partial charge is 0.345 e. The standard InChI is InChI=1S/C16H16N4OS/c1-11-3-8-15(22-11)16(21)19-12(2)13-4-6-14(7-5-13)20-10-17-9-18-20/h3-10,12H,1-2H3,(H,19,21). The van der Waals surface area contributed by atoms with E-state index in [9.17, 15) is 4.79 Å². The smallest absolute Gasteiger partial charge is 0.261 e. The number of amides is 1. The summed E-state index contributed by atoms with van der Waals surface area (Å²) in [6, 6.07) is 11.7. The van der Waals surface area contributed by atoms with Gasteiger partial charge in [0, 0.05) is 4.88 Å². The first-order valence-corrected chi connectivity index (χ1v) is 7.77. The van der Waals surface area contributed by atoms with Crippen LogP contribution in [0.15, 0.2) is 49.1 Å². The lowest BCUT2D eigenvalue weighted by atomic mass is 10.1. The molecule has 112 valence electrons. The van der Waals surface area contributed by atoms with E-state index in [4.69, 9.17) is 0 Å². The molecule has 5 nitrogen and oxygen atoms in total. The molecule has 1 amide bonds. The van der Waals surface area contributed by atoms with Gasteiger partial charge in [0.05, 0.1) is 16.6 Å². The van der Waals surface area contributed by atoms with Gasteiger partial charge in [-0.25, -0.2) is 9.67 Å². The summed E-state index contributed by atoms with van der Waals surface area (Å²) in [5.41, 5.74) is 1.99. The minimum atomic E-state index is -0.0558. The third-order valence-corrected chi connectivity index (χ3v) is 4.39. The fraction of sp³-hybridized carbons (Fsp3) is 0.188. The second kappa shape index (κ2) is 6.11. The van der Waals surface area contributed by atoms with Crippen LogP contribution in [0.3, 0.4) is 0 Å². The number of thiophene rings is 1. The summed E-state index contributed by atoms with van der Waals surface area (Å²) in [5.74, 6) is -0.0362. The van der Waals surface area contributed by atoms with E-state index in [1.807, 2.05) is 50.2 Å². The highest BCUT2D eigenvalue weighted by molar-refractivity contribution is 7.13. The second-order valence-electron chi connectivity index (χ2n) is 5.04. The van der Waals surface area contributed by atoms with Crippen molar-refractivity contribution < 1.29 is 4.79 Å². The maximum Gasteiger partial charge on any atom is 0.261 e. The van der Waals surface area contributed by atoms with Gasteiger partial charge in [-0.05, 0) is 43.7 Å². The Kier molecular flexibility index (Phi) is 4.02. The molecule has 0 aliphatic heterocycles. The Balaban J connectivity index is 1.69. The van der Waals surface area contributed by atoms with E-state index in [0.717, 1.165) is 21.0 Å². The number of hydrogen-bond acceptors (Lipinski definition) is 4. The lowest BCUT2D eigenvalue weighted by Crippen LogP contribution is -2.25. The first-order chi connectivity index (χ1) is 10.6. The predicted octanol–water partition coefficient (Wildman–Crippen LogP) is 3.13. The second-order valence-corrected chi connectivity index (χ2v) is 6.32. The zero-order chi connectivity index (χ0) is 15.5. The van der Waals surface area contributed by atoms with Crippen LogP contribution in [0.5, 0.6) is 0 Å². The summed E-state index contributed by atoms with van der Waals surface area (Å²) in [5, 5.41) is 7.11. The molecule has 0 aliphatic carbocycles. The average Bonchev–Trinajstić information content (AvgIpc) is 3.18. The maximum atomic E-state index is 12.2. The van der Waals surface area contributed by atoms with E-state index < -0.39 is 0 Å². The van der Waals surface area contributed by atoms with Gasteiger partial charge < -0.3 is 5.32 Å². The Bertz CT molecular complexity index is 762. The highest BCUT2D eigenvalue weighted by atomic mass is 32.1. The maximum absolute atomic E-state index is 12.2. The molecule has 6 heteroatoms. The van der Waals surface area contributed by atoms with E-state index in [1.165, 1.54) is 17.7 Å². The van der Waals surface area contributed by atoms with Crippen molar-refractivity contribution in [1.82, 2.24) is 20.1 Å². The normalized spacial score (nSPS) is 12.1. The van der Waals surface area contributed by atoms with Crippen molar-refractivity contribution >= 4 is 17.2 Å². The summed E-state index contributed by atoms with van der Waals surface area (Å²) >= 11 is 1.50. The van der Waals surface area contributed by atoms with Crippen molar-refractivity contribution in [1.29, 1.82) is 0 Å². The van der Waals surface area contributed by atoms with E-state index in [1.54, 1.807) is 11.0 Å². The van der Waals surface area contributed by atoms with Gasteiger partial charge in [-0.15, -0.1) is 11.3 Å². The number of nitrogens with zero attached hydrogens (tertiary/aromatic N) is 3. The zero-order valence-corrected chi connectivity index (χ0v) is 13.2. The van der Waals surface area contributed by atoms with Crippen molar-refractivity contribution in [3.8, 4) is 5.69 Å². The molecule has 1 aromatic carbocycles. The van der Waals surface area contributed by atoms with Crippen LogP contribution in [-0.4, -0.2) is 20.7 Å². The number of rotatable bonds is 4. The van der Waals surface area contributed by atoms with Crippen LogP contribution in [-0.2, 0) is 0 Å². The van der Waals surface area contributed by atoms with Gasteiger partial charge in [-0.3, -0.25) is 4.79 Å². The van der Waals surface area contributed by atoms with Crippen LogP contribution in [0.25, 0.3) is 5.69 Å². The van der Waals surface area contributed by atoms with Crippen LogP contribution in [0.4, 0.5) is 0 Å². The number of nitrogens with one attached hydrogen (secondary N) is 1. The Morgan fingerprint density at radius 1 is 1.23 bits per heavy atom. The van der Waals surface area contributed by atoms with E-state index in [0.29, 0.717) is 0 Å². The summed E-state index contributed by atoms with van der Waals surface area (Å²) in [7, 11) is 0. The minimum Gasteiger partial charge on any atom is -0.345 e. The minimum absolute atomic E-state index is 0.0362. The molecule has 2 heterocycles. The number of benzene rings is 1. The van der Waals surface area contributed by atoms with Crippen molar-refractivity contribution in [2.75, 3.05) is 0 Å². The highest BCUT2D eigenvalue weighted by Crippen LogP contribution is 2.18. The molecule has 0 aliphatic rings. The molecular formula is C16H16N4OS.